The fourth-order valence-electron chi connectivity index (χ4n) is 11.4. The Kier molecular flexibility index (Phi) is 30.3. The number of Topliss-reactive ketones (excluding diaryl/α,β-unsaturated/α-hetero) is 1. The van der Waals surface area contributed by atoms with Crippen molar-refractivity contribution in [1.82, 2.24) is 38.9 Å². The molecule has 0 aliphatic rings. The molecule has 8 heterocycles. The van der Waals surface area contributed by atoms with Crippen molar-refractivity contribution in [2.24, 2.45) is 0 Å². The average Bonchev–Trinajstić information content (AvgIpc) is 0.726. The topological polar surface area (TPSA) is 295 Å². The first kappa shape index (κ1) is 82.3. The van der Waals surface area contributed by atoms with E-state index in [1.165, 1.54) is 93.4 Å². The number of halogens is 1. The molecule has 556 valence electrons. The summed E-state index contributed by atoms with van der Waals surface area (Å²) in [5, 5.41) is 51.9. The van der Waals surface area contributed by atoms with Crippen LogP contribution in [0.5, 0.6) is 23.0 Å². The number of fused-ring (bicyclic) bond motifs is 4. The normalized spacial score (nSPS) is 11.1. The molecule has 0 aliphatic carbocycles. The van der Waals surface area contributed by atoms with E-state index in [9.17, 15) is 49.6 Å². The Balaban J connectivity index is 0.000000185. The smallest absolute Gasteiger partial charge is 0.291 e. The molecule has 8 aromatic heterocycles. The fraction of sp³-hybridized carbons (Fsp3) is 0.346. The molecular weight excluding hydrogens is 1510 g/mol. The summed E-state index contributed by atoms with van der Waals surface area (Å²) in [7, 11) is 0. The van der Waals surface area contributed by atoms with Gasteiger partial charge in [-0.15, -0.1) is 18.9 Å². The summed E-state index contributed by atoms with van der Waals surface area (Å²) >= 11 is 1.07. The number of ether oxygens (including phenoxy) is 1. The number of pyridine rings is 8. The molecule has 22 nitrogen and oxygen atoms in total. The minimum atomic E-state index is -2.24. The Morgan fingerprint density at radius 2 is 0.810 bits per heavy atom. The summed E-state index contributed by atoms with van der Waals surface area (Å²) in [5.41, 5.74) is 4.66. The van der Waals surface area contributed by atoms with Crippen LogP contribution in [-0.2, 0) is 24.6 Å². The fourth-order valence-corrected chi connectivity index (χ4v) is 26.4. The van der Waals surface area contributed by atoms with Gasteiger partial charge in [0.1, 0.15) is 42.8 Å². The second-order valence-electron chi connectivity index (χ2n) is 26.3. The molecule has 0 amide bonds. The summed E-state index contributed by atoms with van der Waals surface area (Å²) in [6.07, 6.45) is 14.3. The van der Waals surface area contributed by atoms with Gasteiger partial charge in [-0.1, -0.05) is 119 Å². The number of unbranched alkanes of at least 4 members (excludes halogenated alkanes) is 3. The maximum absolute atomic E-state index is 12.5. The van der Waals surface area contributed by atoms with Gasteiger partial charge in [0.15, 0.2) is 28.4 Å². The Morgan fingerprint density at radius 3 is 1.16 bits per heavy atom. The molecular formula is C81H97BrN8O14Sn. The van der Waals surface area contributed by atoms with Gasteiger partial charge in [0.25, 0.3) is 22.2 Å². The van der Waals surface area contributed by atoms with Crippen molar-refractivity contribution in [2.45, 2.75) is 174 Å². The number of carbonyl (C=O) groups is 1. The molecule has 0 unspecified atom stereocenters. The van der Waals surface area contributed by atoms with Crippen LogP contribution in [0.4, 0.5) is 0 Å². The first-order valence-electron chi connectivity index (χ1n) is 35.3. The third kappa shape index (κ3) is 20.5. The zero-order chi connectivity index (χ0) is 76.8. The summed E-state index contributed by atoms with van der Waals surface area (Å²) in [4.78, 5) is 93.9. The van der Waals surface area contributed by atoms with Gasteiger partial charge in [0.2, 0.25) is 0 Å². The minimum absolute atomic E-state index is 0.0374. The van der Waals surface area contributed by atoms with Gasteiger partial charge in [0.05, 0.1) is 43.8 Å². The molecule has 24 heteroatoms. The van der Waals surface area contributed by atoms with Crippen LogP contribution in [0.25, 0.3) is 44.1 Å². The molecule has 0 radical (unpaired) electrons. The van der Waals surface area contributed by atoms with Crippen LogP contribution in [-0.4, -0.2) is 95.3 Å². The number of aromatic hydroxyl groups is 4. The molecule has 11 rings (SSSR count). The Hall–Kier alpha value is -10.0. The monoisotopic (exact) mass is 1600 g/mol. The predicted molar refractivity (Wildman–Crippen MR) is 419 cm³/mol. The van der Waals surface area contributed by atoms with Crippen LogP contribution in [0.15, 0.2) is 174 Å². The third-order valence-corrected chi connectivity index (χ3v) is 33.5. The quantitative estimate of drug-likeness (QED) is 0.0162. The number of benzene rings is 3. The summed E-state index contributed by atoms with van der Waals surface area (Å²) in [6.45, 7) is 30.4. The van der Waals surface area contributed by atoms with Crippen molar-refractivity contribution in [3.8, 4) is 23.0 Å². The first-order chi connectivity index (χ1) is 50.1. The molecule has 11 aromatic rings. The maximum Gasteiger partial charge on any atom is 0.291 e. The summed E-state index contributed by atoms with van der Waals surface area (Å²) in [5.74, 6) is -0.0734. The van der Waals surface area contributed by atoms with Gasteiger partial charge in [0, 0.05) is 34.8 Å². The average molecular weight is 1610 g/mol. The van der Waals surface area contributed by atoms with Gasteiger partial charge in [-0.05, 0) is 114 Å². The Morgan fingerprint density at radius 1 is 0.486 bits per heavy atom. The zero-order valence-electron chi connectivity index (χ0n) is 62.2. The predicted octanol–water partition coefficient (Wildman–Crippen LogP) is 15.9. The van der Waals surface area contributed by atoms with Crippen LogP contribution in [0.3, 0.4) is 0 Å². The zero-order valence-corrected chi connectivity index (χ0v) is 66.6. The van der Waals surface area contributed by atoms with Crippen molar-refractivity contribution >= 4 is 84.2 Å². The van der Waals surface area contributed by atoms with E-state index in [2.05, 4.69) is 84.0 Å². The standard InChI is InChI=1S/C19H20N2O3.C18H16N2O4.C16H13BrN2O3.C12H14N2O3.C4H7O.3C4H9.Sn/c1-12(2)15-9-16-17(22)13(3)19(23)21(18(16)20-10-15)24-11-14-7-5-4-6-8-14;1-11-16(22)15-8-14(12(2)21)9-19-17(15)20(18(11)23)24-10-13-6-4-3-5-7-13;1-10-14(20)13-7-12(17)8-18-15(13)19(16(10)21)22-9-11-5-3-2-4-6-11;1-6(2)8-4-9-10(15)7(3)12(16)14(17)11(9)13-5-8;1-3-5-4-2;3*1-3-4-2;/h4-10,12,22H,11H2,1-3H3;3-9,22H,10H2,1-2H3;2-8,20H,9H2,1H3;4-6,15,17H,1-3H3;1,4H2,2H3;3*1,3-4H2,2H3;. The van der Waals surface area contributed by atoms with E-state index in [1.807, 2.05) is 111 Å². The first-order valence-corrected chi connectivity index (χ1v) is 43.6. The van der Waals surface area contributed by atoms with Crippen molar-refractivity contribution in [3.05, 3.63) is 252 Å². The van der Waals surface area contributed by atoms with Gasteiger partial charge in [-0.2, -0.15) is 0 Å². The molecule has 0 atom stereocenters. The number of carbonyl (C=O) groups excluding carboxylic acids is 1. The van der Waals surface area contributed by atoms with E-state index in [-0.39, 0.29) is 99.6 Å². The van der Waals surface area contributed by atoms with Gasteiger partial charge >= 0.3 is 120 Å². The van der Waals surface area contributed by atoms with E-state index in [1.54, 1.807) is 44.6 Å². The van der Waals surface area contributed by atoms with E-state index in [4.69, 9.17) is 19.2 Å². The summed E-state index contributed by atoms with van der Waals surface area (Å²) in [6, 6.07) is 35.3. The second kappa shape index (κ2) is 38.7. The molecule has 0 spiro atoms. The van der Waals surface area contributed by atoms with E-state index in [0.717, 1.165) is 43.9 Å². The van der Waals surface area contributed by atoms with Gasteiger partial charge in [-0.3, -0.25) is 24.0 Å². The Bertz CT molecular complexity index is 5050. The number of nitrogens with zero attached hydrogens (tertiary/aromatic N) is 8. The molecule has 0 saturated carbocycles. The number of hydrogen-bond donors (Lipinski definition) is 5. The molecule has 0 aliphatic heterocycles. The molecule has 0 fully saturated rings. The van der Waals surface area contributed by atoms with Gasteiger partial charge < -0.3 is 40.1 Å². The molecule has 3 aromatic carbocycles. The second-order valence-corrected chi connectivity index (χ2v) is 40.4. The maximum atomic E-state index is 12.5. The van der Waals surface area contributed by atoms with E-state index >= 15 is 0 Å². The Labute approximate surface area is 623 Å². The van der Waals surface area contributed by atoms with Crippen molar-refractivity contribution in [2.75, 3.05) is 6.61 Å². The molecule has 0 saturated heterocycles. The number of aromatic nitrogens is 8. The minimum Gasteiger partial charge on any atom is -0.507 e. The SMILES string of the molecule is C=[C](OCC)[Sn]([CH2]CCC)([CH2]CCC)[CH2]CCC.CC(=O)c1cnc2c(c1)c(O)c(C)c(=O)n2OCc1ccccc1.Cc1c(O)c2cc(Br)cnc2n(OCc2ccccc2)c1=O.Cc1c(O)c2cc(C(C)C)cnc2n(O)c1=O.Cc1c(O)c2cc(C(C)C)cnc2n(OCc2ccccc2)c1=O. The van der Waals surface area contributed by atoms with Crippen LogP contribution < -0.4 is 36.7 Å². The molecule has 105 heavy (non-hydrogen) atoms. The number of rotatable bonds is 24. The molecule has 0 bridgehead atoms. The van der Waals surface area contributed by atoms with Crippen LogP contribution >= 0.6 is 15.9 Å². The van der Waals surface area contributed by atoms with Crippen LogP contribution in [0.1, 0.15) is 173 Å². The van der Waals surface area contributed by atoms with Crippen LogP contribution in [0.2, 0.25) is 13.3 Å². The van der Waals surface area contributed by atoms with Crippen molar-refractivity contribution in [1.29, 1.82) is 0 Å². The summed E-state index contributed by atoms with van der Waals surface area (Å²) < 4.78 is 16.1. The largest absolute Gasteiger partial charge is 0.507 e. The number of ketones is 1. The van der Waals surface area contributed by atoms with E-state index in [0.29, 0.717) is 42.0 Å². The molecule has 5 N–H and O–H groups in total. The third-order valence-electron chi connectivity index (χ3n) is 18.0. The number of hydrogen-bond acceptors (Lipinski definition) is 18. The van der Waals surface area contributed by atoms with Crippen LogP contribution in [0, 0.1) is 27.7 Å². The van der Waals surface area contributed by atoms with Crippen molar-refractivity contribution < 1.29 is 49.7 Å². The van der Waals surface area contributed by atoms with E-state index < -0.39 is 40.6 Å². The van der Waals surface area contributed by atoms with Crippen molar-refractivity contribution in [3.63, 3.8) is 0 Å². The van der Waals surface area contributed by atoms with Gasteiger partial charge in [-0.25, -0.2) is 19.9 Å².